The lowest BCUT2D eigenvalue weighted by Gasteiger charge is -2.32. The molecule has 1 aromatic carbocycles. The minimum absolute atomic E-state index is 0.231. The van der Waals surface area contributed by atoms with Gasteiger partial charge in [0.25, 0.3) is 0 Å². The Labute approximate surface area is 147 Å². The van der Waals surface area contributed by atoms with E-state index in [9.17, 15) is 0 Å². The maximum Gasteiger partial charge on any atom is 0.226 e. The third kappa shape index (κ3) is 4.19. The fourth-order valence-electron chi connectivity index (χ4n) is 2.93. The van der Waals surface area contributed by atoms with Gasteiger partial charge in [-0.1, -0.05) is 0 Å². The van der Waals surface area contributed by atoms with Crippen molar-refractivity contribution < 1.29 is 9.15 Å². The molecule has 1 aliphatic heterocycles. The highest BCUT2D eigenvalue weighted by Crippen LogP contribution is 2.25. The second-order valence-corrected chi connectivity index (χ2v) is 6.94. The molecule has 3 rings (SSSR count). The third-order valence-electron chi connectivity index (χ3n) is 4.31. The zero-order valence-corrected chi connectivity index (χ0v) is 15.1. The molecule has 0 aliphatic carbocycles. The molecule has 1 atom stereocenters. The van der Waals surface area contributed by atoms with Gasteiger partial charge in [-0.15, -0.1) is 11.8 Å². The Balaban J connectivity index is 1.69. The average molecular weight is 347 g/mol. The van der Waals surface area contributed by atoms with Gasteiger partial charge in [-0.2, -0.15) is 0 Å². The fourth-order valence-corrected chi connectivity index (χ4v) is 3.34. The van der Waals surface area contributed by atoms with Gasteiger partial charge in [0, 0.05) is 30.1 Å². The van der Waals surface area contributed by atoms with Gasteiger partial charge >= 0.3 is 0 Å². The van der Waals surface area contributed by atoms with Crippen molar-refractivity contribution in [2.45, 2.75) is 30.9 Å². The van der Waals surface area contributed by atoms with Gasteiger partial charge in [-0.25, -0.2) is 4.98 Å². The summed E-state index contributed by atoms with van der Waals surface area (Å²) in [6.45, 7) is 6.03. The Hall–Kier alpha value is -1.34. The molecule has 2 aromatic rings. The second-order valence-electron chi connectivity index (χ2n) is 6.06. The van der Waals surface area contributed by atoms with Gasteiger partial charge in [-0.05, 0) is 50.4 Å². The first-order valence-corrected chi connectivity index (χ1v) is 9.57. The number of morpholine rings is 1. The van der Waals surface area contributed by atoms with Gasteiger partial charge in [0.15, 0.2) is 0 Å². The molecule has 0 spiro atoms. The van der Waals surface area contributed by atoms with E-state index in [1.165, 1.54) is 4.90 Å². The number of hydrogen-bond donors (Lipinski definition) is 1. The Kier molecular flexibility index (Phi) is 5.94. The highest BCUT2D eigenvalue weighted by atomic mass is 32.2. The maximum atomic E-state index is 5.89. The zero-order valence-electron chi connectivity index (χ0n) is 14.3. The summed E-state index contributed by atoms with van der Waals surface area (Å²) in [7, 11) is 0. The van der Waals surface area contributed by atoms with Crippen LogP contribution in [0.3, 0.4) is 0 Å². The predicted molar refractivity (Wildman–Crippen MR) is 97.1 cm³/mol. The van der Waals surface area contributed by atoms with E-state index in [2.05, 4.69) is 35.4 Å². The highest BCUT2D eigenvalue weighted by molar-refractivity contribution is 7.98. The number of oxazole rings is 1. The summed E-state index contributed by atoms with van der Waals surface area (Å²) in [5, 5.41) is 0. The van der Waals surface area contributed by atoms with Crippen molar-refractivity contribution in [1.82, 2.24) is 9.88 Å². The molecule has 0 saturated carbocycles. The van der Waals surface area contributed by atoms with Crippen molar-refractivity contribution in [2.24, 2.45) is 5.73 Å². The van der Waals surface area contributed by atoms with E-state index in [4.69, 9.17) is 19.9 Å². The molecule has 6 heteroatoms. The highest BCUT2D eigenvalue weighted by Gasteiger charge is 2.22. The normalized spacial score (nSPS) is 18.9. The van der Waals surface area contributed by atoms with Gasteiger partial charge in [0.05, 0.1) is 18.4 Å². The van der Waals surface area contributed by atoms with Gasteiger partial charge < -0.3 is 14.9 Å². The molecule has 1 saturated heterocycles. The van der Waals surface area contributed by atoms with Crippen LogP contribution in [0.1, 0.15) is 17.9 Å². The predicted octanol–water partition coefficient (Wildman–Crippen LogP) is 2.92. The van der Waals surface area contributed by atoms with Crippen molar-refractivity contribution in [1.29, 1.82) is 0 Å². The van der Waals surface area contributed by atoms with Crippen LogP contribution in [0.5, 0.6) is 0 Å². The van der Waals surface area contributed by atoms with Crippen LogP contribution in [-0.4, -0.2) is 48.5 Å². The van der Waals surface area contributed by atoms with E-state index in [0.29, 0.717) is 12.4 Å². The van der Waals surface area contributed by atoms with Crippen LogP contribution >= 0.6 is 11.8 Å². The summed E-state index contributed by atoms with van der Waals surface area (Å²) in [6.07, 6.45) is 3.21. The minimum Gasteiger partial charge on any atom is -0.441 e. The molecule has 0 bridgehead atoms. The smallest absolute Gasteiger partial charge is 0.226 e. The number of thioether (sulfide) groups is 1. The largest absolute Gasteiger partial charge is 0.441 e. The van der Waals surface area contributed by atoms with Crippen LogP contribution < -0.4 is 5.73 Å². The van der Waals surface area contributed by atoms with E-state index in [1.54, 1.807) is 11.8 Å². The summed E-state index contributed by atoms with van der Waals surface area (Å²) >= 11 is 1.73. The first-order valence-electron chi connectivity index (χ1n) is 8.34. The summed E-state index contributed by atoms with van der Waals surface area (Å²) in [5.41, 5.74) is 7.67. The zero-order chi connectivity index (χ0) is 16.9. The summed E-state index contributed by atoms with van der Waals surface area (Å²) in [4.78, 5) is 8.33. The summed E-state index contributed by atoms with van der Waals surface area (Å²) in [6, 6.07) is 8.32. The van der Waals surface area contributed by atoms with Crippen molar-refractivity contribution in [3.05, 3.63) is 35.7 Å². The topological polar surface area (TPSA) is 64.5 Å². The lowest BCUT2D eigenvalue weighted by Crippen LogP contribution is -2.42. The van der Waals surface area contributed by atoms with Crippen molar-refractivity contribution >= 4 is 11.8 Å². The molecular formula is C18H25N3O2S. The number of benzene rings is 1. The minimum atomic E-state index is 0.231. The quantitative estimate of drug-likeness (QED) is 0.811. The molecule has 1 aliphatic rings. The van der Waals surface area contributed by atoms with E-state index in [-0.39, 0.29) is 6.10 Å². The first-order chi connectivity index (χ1) is 11.7. The lowest BCUT2D eigenvalue weighted by molar-refractivity contribution is -0.0339. The van der Waals surface area contributed by atoms with Crippen LogP contribution in [0.4, 0.5) is 0 Å². The molecule has 1 aromatic heterocycles. The van der Waals surface area contributed by atoms with E-state index < -0.39 is 0 Å². The maximum absolute atomic E-state index is 5.89. The Morgan fingerprint density at radius 2 is 2.12 bits per heavy atom. The summed E-state index contributed by atoms with van der Waals surface area (Å²) < 4.78 is 11.6. The first kappa shape index (κ1) is 17.5. The molecule has 130 valence electrons. The van der Waals surface area contributed by atoms with Gasteiger partial charge in [0.1, 0.15) is 5.76 Å². The second kappa shape index (κ2) is 8.16. The van der Waals surface area contributed by atoms with Crippen molar-refractivity contribution in [2.75, 3.05) is 32.5 Å². The van der Waals surface area contributed by atoms with E-state index >= 15 is 0 Å². The number of aryl methyl sites for hydroxylation is 1. The number of hydrogen-bond acceptors (Lipinski definition) is 6. The SMILES string of the molecule is CSc1ccc(-c2nc(CN3CCOC(CCN)C3)c(C)o2)cc1. The Morgan fingerprint density at radius 3 is 2.83 bits per heavy atom. The van der Waals surface area contributed by atoms with Crippen LogP contribution in [0.25, 0.3) is 11.5 Å². The van der Waals surface area contributed by atoms with E-state index in [1.807, 2.05) is 6.92 Å². The molecule has 0 radical (unpaired) electrons. The van der Waals surface area contributed by atoms with Crippen LogP contribution in [0.2, 0.25) is 0 Å². The van der Waals surface area contributed by atoms with Crippen LogP contribution in [0.15, 0.2) is 33.6 Å². The molecular weight excluding hydrogens is 322 g/mol. The number of nitrogens with zero attached hydrogens (tertiary/aromatic N) is 2. The van der Waals surface area contributed by atoms with Crippen molar-refractivity contribution in [3.63, 3.8) is 0 Å². The third-order valence-corrected chi connectivity index (χ3v) is 5.06. The van der Waals surface area contributed by atoms with Crippen LogP contribution in [-0.2, 0) is 11.3 Å². The number of ether oxygens (including phenoxy) is 1. The monoisotopic (exact) mass is 347 g/mol. The van der Waals surface area contributed by atoms with E-state index in [0.717, 1.165) is 49.7 Å². The lowest BCUT2D eigenvalue weighted by atomic mass is 10.2. The molecule has 2 heterocycles. The Bertz CT molecular complexity index is 655. The van der Waals surface area contributed by atoms with Crippen LogP contribution in [0, 0.1) is 6.92 Å². The standard InChI is InChI=1S/C18H25N3O2S/c1-13-17(12-21-9-10-22-15(11-21)7-8-19)20-18(23-13)14-3-5-16(24-2)6-4-14/h3-6,15H,7-12,19H2,1-2H3. The summed E-state index contributed by atoms with van der Waals surface area (Å²) in [5.74, 6) is 1.59. The van der Waals surface area contributed by atoms with Gasteiger partial charge in [-0.3, -0.25) is 4.90 Å². The molecule has 2 N–H and O–H groups in total. The molecule has 1 fully saturated rings. The Morgan fingerprint density at radius 1 is 1.33 bits per heavy atom. The average Bonchev–Trinajstić information content (AvgIpc) is 2.96. The number of aromatic nitrogens is 1. The molecule has 1 unspecified atom stereocenters. The van der Waals surface area contributed by atoms with Crippen molar-refractivity contribution in [3.8, 4) is 11.5 Å². The molecule has 24 heavy (non-hydrogen) atoms. The fraction of sp³-hybridized carbons (Fsp3) is 0.500. The molecule has 5 nitrogen and oxygen atoms in total. The number of nitrogens with two attached hydrogens (primary N) is 1. The number of rotatable bonds is 6. The van der Waals surface area contributed by atoms with Gasteiger partial charge in [0.2, 0.25) is 5.89 Å². The molecule has 0 amide bonds.